The minimum absolute atomic E-state index is 0.0280. The molecule has 1 heterocycles. The van der Waals surface area contributed by atoms with E-state index in [9.17, 15) is 9.59 Å². The van der Waals surface area contributed by atoms with Crippen LogP contribution < -0.4 is 4.74 Å². The summed E-state index contributed by atoms with van der Waals surface area (Å²) in [7, 11) is 1.57. The summed E-state index contributed by atoms with van der Waals surface area (Å²) in [5, 5.41) is 5.71. The Morgan fingerprint density at radius 3 is 2.37 bits per heavy atom. The van der Waals surface area contributed by atoms with Crippen molar-refractivity contribution in [2.24, 2.45) is 5.41 Å². The van der Waals surface area contributed by atoms with Gasteiger partial charge in [-0.3, -0.25) is 14.3 Å². The van der Waals surface area contributed by atoms with Crippen LogP contribution in [0.5, 0.6) is 5.75 Å². The number of methoxy groups -OCH3 is 1. The van der Waals surface area contributed by atoms with Crippen molar-refractivity contribution in [3.05, 3.63) is 58.7 Å². The minimum atomic E-state index is -0.502. The van der Waals surface area contributed by atoms with Gasteiger partial charge in [-0.2, -0.15) is 5.10 Å². The van der Waals surface area contributed by atoms with Crippen molar-refractivity contribution >= 4 is 34.1 Å². The summed E-state index contributed by atoms with van der Waals surface area (Å²) < 4.78 is 6.87. The molecule has 1 aromatic heterocycles. The quantitative estimate of drug-likeness (QED) is 0.605. The largest absolute Gasteiger partial charge is 0.497 e. The van der Waals surface area contributed by atoms with Crippen LogP contribution in [0.1, 0.15) is 36.8 Å². The molecule has 0 atom stereocenters. The van der Waals surface area contributed by atoms with Gasteiger partial charge in [0, 0.05) is 27.5 Å². The first-order valence-corrected chi connectivity index (χ1v) is 8.96. The zero-order chi connectivity index (χ0) is 19.8. The standard InChI is InChI=1S/C21H21ClN2O3/c1-21(2,3)18(25)12-24-17-11-15(27-4)9-10-16(17)19(23-24)20(26)13-5-7-14(22)8-6-13/h5-11H,12H2,1-4H3. The maximum atomic E-state index is 13.0. The topological polar surface area (TPSA) is 61.2 Å². The highest BCUT2D eigenvalue weighted by atomic mass is 35.5. The van der Waals surface area contributed by atoms with Gasteiger partial charge in [-0.15, -0.1) is 0 Å². The molecule has 0 saturated carbocycles. The molecule has 6 heteroatoms. The molecule has 5 nitrogen and oxygen atoms in total. The molecule has 27 heavy (non-hydrogen) atoms. The van der Waals surface area contributed by atoms with Gasteiger partial charge in [0.05, 0.1) is 12.6 Å². The van der Waals surface area contributed by atoms with E-state index in [1.165, 1.54) is 0 Å². The maximum absolute atomic E-state index is 13.0. The lowest BCUT2D eigenvalue weighted by Gasteiger charge is -2.16. The number of nitrogens with zero attached hydrogens (tertiary/aromatic N) is 2. The Kier molecular flexibility index (Phi) is 5.07. The van der Waals surface area contributed by atoms with Crippen molar-refractivity contribution in [2.45, 2.75) is 27.3 Å². The van der Waals surface area contributed by atoms with Gasteiger partial charge in [0.15, 0.2) is 5.78 Å². The van der Waals surface area contributed by atoms with Gasteiger partial charge in [-0.1, -0.05) is 32.4 Å². The number of fused-ring (bicyclic) bond motifs is 1. The molecule has 0 amide bonds. The van der Waals surface area contributed by atoms with Crippen LogP contribution in [0.3, 0.4) is 0 Å². The Balaban J connectivity index is 2.11. The van der Waals surface area contributed by atoms with Crippen LogP contribution in [-0.2, 0) is 11.3 Å². The van der Waals surface area contributed by atoms with E-state index >= 15 is 0 Å². The van der Waals surface area contributed by atoms with Gasteiger partial charge in [-0.05, 0) is 36.4 Å². The van der Waals surface area contributed by atoms with E-state index < -0.39 is 5.41 Å². The summed E-state index contributed by atoms with van der Waals surface area (Å²) in [6.45, 7) is 5.67. The van der Waals surface area contributed by atoms with Crippen LogP contribution in [0.4, 0.5) is 0 Å². The first-order chi connectivity index (χ1) is 12.7. The van der Waals surface area contributed by atoms with E-state index in [4.69, 9.17) is 16.3 Å². The average molecular weight is 385 g/mol. The van der Waals surface area contributed by atoms with Crippen LogP contribution in [0, 0.1) is 5.41 Å². The Hall–Kier alpha value is -2.66. The second kappa shape index (κ2) is 7.16. The number of halogens is 1. The third kappa shape index (κ3) is 3.88. The van der Waals surface area contributed by atoms with E-state index in [0.717, 1.165) is 0 Å². The third-order valence-corrected chi connectivity index (χ3v) is 4.66. The lowest BCUT2D eigenvalue weighted by molar-refractivity contribution is -0.127. The van der Waals surface area contributed by atoms with Crippen molar-refractivity contribution in [1.29, 1.82) is 0 Å². The summed E-state index contributed by atoms with van der Waals surface area (Å²) in [4.78, 5) is 25.5. The van der Waals surface area contributed by atoms with Gasteiger partial charge in [0.25, 0.3) is 0 Å². The highest BCUT2D eigenvalue weighted by molar-refractivity contribution is 6.30. The Bertz CT molecular complexity index is 1010. The number of hydrogen-bond acceptors (Lipinski definition) is 4. The first-order valence-electron chi connectivity index (χ1n) is 8.59. The zero-order valence-electron chi connectivity index (χ0n) is 15.7. The van der Waals surface area contributed by atoms with E-state index in [1.54, 1.807) is 54.3 Å². The van der Waals surface area contributed by atoms with Gasteiger partial charge in [0.2, 0.25) is 5.78 Å². The van der Waals surface area contributed by atoms with Crippen molar-refractivity contribution in [3.63, 3.8) is 0 Å². The number of carbonyl (C=O) groups is 2. The summed E-state index contributed by atoms with van der Waals surface area (Å²) >= 11 is 5.91. The molecule has 0 N–H and O–H groups in total. The van der Waals surface area contributed by atoms with Gasteiger partial charge in [-0.25, -0.2) is 0 Å². The molecule has 0 fully saturated rings. The molecule has 0 unspecified atom stereocenters. The van der Waals surface area contributed by atoms with E-state index in [1.807, 2.05) is 20.8 Å². The van der Waals surface area contributed by atoms with Crippen LogP contribution >= 0.6 is 11.6 Å². The Morgan fingerprint density at radius 2 is 1.78 bits per heavy atom. The highest BCUT2D eigenvalue weighted by Gasteiger charge is 2.25. The van der Waals surface area contributed by atoms with Crippen LogP contribution in [0.15, 0.2) is 42.5 Å². The molecule has 2 aromatic carbocycles. The lowest BCUT2D eigenvalue weighted by Crippen LogP contribution is -2.25. The summed E-state index contributed by atoms with van der Waals surface area (Å²) in [5.74, 6) is 0.446. The second-order valence-corrected chi connectivity index (χ2v) is 7.83. The minimum Gasteiger partial charge on any atom is -0.497 e. The van der Waals surface area contributed by atoms with Crippen LogP contribution in [-0.4, -0.2) is 28.5 Å². The zero-order valence-corrected chi connectivity index (χ0v) is 16.5. The predicted octanol–water partition coefficient (Wildman–Crippen LogP) is 4.54. The SMILES string of the molecule is COc1ccc2c(C(=O)c3ccc(Cl)cc3)nn(CC(=O)C(C)(C)C)c2c1. The fourth-order valence-corrected chi connectivity index (χ4v) is 2.81. The number of Topliss-reactive ketones (excluding diaryl/α,β-unsaturated/α-hetero) is 1. The third-order valence-electron chi connectivity index (χ3n) is 4.41. The van der Waals surface area contributed by atoms with Crippen LogP contribution in [0.25, 0.3) is 10.9 Å². The number of aromatic nitrogens is 2. The molecule has 3 aromatic rings. The fraction of sp³-hybridized carbons (Fsp3) is 0.286. The van der Waals surface area contributed by atoms with Gasteiger partial charge < -0.3 is 4.74 Å². The maximum Gasteiger partial charge on any atom is 0.213 e. The Morgan fingerprint density at radius 1 is 1.11 bits per heavy atom. The number of ether oxygens (including phenoxy) is 1. The lowest BCUT2D eigenvalue weighted by atomic mass is 9.91. The number of hydrogen-bond donors (Lipinski definition) is 0. The van der Waals surface area contributed by atoms with E-state index in [-0.39, 0.29) is 18.1 Å². The van der Waals surface area contributed by atoms with Crippen molar-refractivity contribution < 1.29 is 14.3 Å². The normalized spacial score (nSPS) is 11.6. The first kappa shape index (κ1) is 19.1. The van der Waals surface area contributed by atoms with Crippen molar-refractivity contribution in [3.8, 4) is 5.75 Å². The Labute approximate surface area is 162 Å². The smallest absolute Gasteiger partial charge is 0.213 e. The number of carbonyl (C=O) groups excluding carboxylic acids is 2. The molecule has 0 bridgehead atoms. The molecule has 0 aliphatic carbocycles. The highest BCUT2D eigenvalue weighted by Crippen LogP contribution is 2.27. The summed E-state index contributed by atoms with van der Waals surface area (Å²) in [6, 6.07) is 12.0. The van der Waals surface area contributed by atoms with E-state index in [0.29, 0.717) is 32.9 Å². The number of rotatable bonds is 5. The molecule has 0 saturated heterocycles. The molecule has 0 radical (unpaired) electrons. The predicted molar refractivity (Wildman–Crippen MR) is 106 cm³/mol. The molecule has 0 aliphatic rings. The number of ketones is 2. The van der Waals surface area contributed by atoms with Crippen molar-refractivity contribution in [2.75, 3.05) is 7.11 Å². The molecule has 0 aliphatic heterocycles. The van der Waals surface area contributed by atoms with E-state index in [2.05, 4.69) is 5.10 Å². The second-order valence-electron chi connectivity index (χ2n) is 7.40. The molecular formula is C21H21ClN2O3. The molecular weight excluding hydrogens is 364 g/mol. The van der Waals surface area contributed by atoms with Gasteiger partial charge in [0.1, 0.15) is 18.0 Å². The molecule has 0 spiro atoms. The number of benzene rings is 2. The average Bonchev–Trinajstić information content (AvgIpc) is 2.98. The van der Waals surface area contributed by atoms with Gasteiger partial charge >= 0.3 is 0 Å². The molecule has 3 rings (SSSR count). The van der Waals surface area contributed by atoms with Crippen molar-refractivity contribution in [1.82, 2.24) is 9.78 Å². The van der Waals surface area contributed by atoms with Crippen LogP contribution in [0.2, 0.25) is 5.02 Å². The summed E-state index contributed by atoms with van der Waals surface area (Å²) in [5.41, 5.74) is 0.974. The fourth-order valence-electron chi connectivity index (χ4n) is 2.68. The summed E-state index contributed by atoms with van der Waals surface area (Å²) in [6.07, 6.45) is 0. The monoisotopic (exact) mass is 384 g/mol. The molecule has 140 valence electrons.